The van der Waals surface area contributed by atoms with E-state index in [4.69, 9.17) is 0 Å². The molecule has 0 spiro atoms. The van der Waals surface area contributed by atoms with Gasteiger partial charge in [-0.1, -0.05) is 0 Å². The molecule has 7 heteroatoms. The van der Waals surface area contributed by atoms with Gasteiger partial charge >= 0.3 is 0 Å². The van der Waals surface area contributed by atoms with E-state index in [9.17, 15) is 14.0 Å². The van der Waals surface area contributed by atoms with Gasteiger partial charge in [0.25, 0.3) is 5.91 Å². The zero-order valence-electron chi connectivity index (χ0n) is 12.2. The average Bonchev–Trinajstić information content (AvgIpc) is 2.53. The minimum Gasteiger partial charge on any atom is -0.352 e. The van der Waals surface area contributed by atoms with Crippen molar-refractivity contribution in [2.24, 2.45) is 0 Å². The van der Waals surface area contributed by atoms with E-state index in [-0.39, 0.29) is 30.6 Å². The average molecular weight is 427 g/mol. The van der Waals surface area contributed by atoms with E-state index in [0.717, 1.165) is 5.56 Å². The van der Waals surface area contributed by atoms with Gasteiger partial charge in [-0.25, -0.2) is 4.39 Å². The third kappa shape index (κ3) is 5.59. The van der Waals surface area contributed by atoms with Gasteiger partial charge in [0.05, 0.1) is 5.56 Å². The fourth-order valence-corrected chi connectivity index (χ4v) is 2.57. The Kier molecular flexibility index (Phi) is 6.45. The van der Waals surface area contributed by atoms with E-state index in [2.05, 4.69) is 15.6 Å². The van der Waals surface area contributed by atoms with Crippen molar-refractivity contribution in [2.75, 3.05) is 6.54 Å². The van der Waals surface area contributed by atoms with E-state index >= 15 is 0 Å². The molecular formula is C16H15FIN3O2. The molecule has 0 fully saturated rings. The molecule has 0 atom stereocenters. The van der Waals surface area contributed by atoms with Gasteiger partial charge in [-0.05, 0) is 58.5 Å². The lowest BCUT2D eigenvalue weighted by Gasteiger charge is -2.08. The van der Waals surface area contributed by atoms with E-state index in [0.29, 0.717) is 15.7 Å². The van der Waals surface area contributed by atoms with Crippen LogP contribution in [0.2, 0.25) is 0 Å². The number of pyridine rings is 1. The molecule has 2 N–H and O–H groups in total. The number of aromatic nitrogens is 1. The first-order chi connectivity index (χ1) is 11.1. The van der Waals surface area contributed by atoms with E-state index in [1.807, 2.05) is 34.7 Å². The zero-order chi connectivity index (χ0) is 16.7. The minimum atomic E-state index is -0.388. The number of carbonyl (C=O) groups is 2. The van der Waals surface area contributed by atoms with Gasteiger partial charge in [-0.15, -0.1) is 0 Å². The Morgan fingerprint density at radius 3 is 2.57 bits per heavy atom. The molecule has 5 nitrogen and oxygen atoms in total. The number of hydrogen-bond donors (Lipinski definition) is 2. The first kappa shape index (κ1) is 17.3. The number of carbonyl (C=O) groups excluding carboxylic acids is 2. The van der Waals surface area contributed by atoms with E-state index in [1.165, 1.54) is 18.2 Å². The van der Waals surface area contributed by atoms with Gasteiger partial charge in [0.15, 0.2) is 0 Å². The number of hydrogen-bond acceptors (Lipinski definition) is 3. The molecule has 2 aromatic rings. The van der Waals surface area contributed by atoms with Crippen LogP contribution >= 0.6 is 22.6 Å². The second-order valence-corrected chi connectivity index (χ2v) is 5.92. The molecule has 0 saturated carbocycles. The van der Waals surface area contributed by atoms with Crippen molar-refractivity contribution in [3.63, 3.8) is 0 Å². The number of nitrogens with zero attached hydrogens (tertiary/aromatic N) is 1. The van der Waals surface area contributed by atoms with Crippen molar-refractivity contribution < 1.29 is 14.0 Å². The summed E-state index contributed by atoms with van der Waals surface area (Å²) in [7, 11) is 0. The van der Waals surface area contributed by atoms with Gasteiger partial charge < -0.3 is 10.6 Å². The Morgan fingerprint density at radius 2 is 1.87 bits per heavy atom. The summed E-state index contributed by atoms with van der Waals surface area (Å²) < 4.78 is 13.5. The SMILES string of the molecule is O=C(CCNC(=O)c1ccc(F)cc1I)NCc1ccncc1. The Balaban J connectivity index is 1.73. The predicted molar refractivity (Wildman–Crippen MR) is 92.2 cm³/mol. The summed E-state index contributed by atoms with van der Waals surface area (Å²) in [6.07, 6.45) is 3.49. The molecule has 0 aliphatic carbocycles. The Bertz CT molecular complexity index is 695. The summed E-state index contributed by atoms with van der Waals surface area (Å²) in [5, 5.41) is 5.41. The van der Waals surface area contributed by atoms with Crippen LogP contribution in [0.3, 0.4) is 0 Å². The summed E-state index contributed by atoms with van der Waals surface area (Å²) in [6.45, 7) is 0.639. The van der Waals surface area contributed by atoms with Crippen LogP contribution in [0.1, 0.15) is 22.3 Å². The number of halogens is 2. The van der Waals surface area contributed by atoms with Crippen LogP contribution < -0.4 is 10.6 Å². The third-order valence-electron chi connectivity index (χ3n) is 3.05. The Hall–Kier alpha value is -2.03. The molecule has 120 valence electrons. The van der Waals surface area contributed by atoms with Crippen LogP contribution in [-0.4, -0.2) is 23.3 Å². The largest absolute Gasteiger partial charge is 0.352 e. The first-order valence-electron chi connectivity index (χ1n) is 6.95. The summed E-state index contributed by atoms with van der Waals surface area (Å²) in [6, 6.07) is 7.59. The van der Waals surface area contributed by atoms with Gasteiger partial charge in [0, 0.05) is 35.5 Å². The fourth-order valence-electron chi connectivity index (χ4n) is 1.85. The maximum absolute atomic E-state index is 13.0. The second-order valence-electron chi connectivity index (χ2n) is 4.76. The van der Waals surface area contributed by atoms with Crippen molar-refractivity contribution in [3.8, 4) is 0 Å². The number of rotatable bonds is 6. The van der Waals surface area contributed by atoms with Gasteiger partial charge in [0.1, 0.15) is 5.82 Å². The molecule has 23 heavy (non-hydrogen) atoms. The normalized spacial score (nSPS) is 10.2. The Labute approximate surface area is 146 Å². The summed E-state index contributed by atoms with van der Waals surface area (Å²) >= 11 is 1.90. The topological polar surface area (TPSA) is 71.1 Å². The van der Waals surface area contributed by atoms with Crippen LogP contribution in [0.25, 0.3) is 0 Å². The third-order valence-corrected chi connectivity index (χ3v) is 3.94. The molecule has 0 unspecified atom stereocenters. The van der Waals surface area contributed by atoms with E-state index < -0.39 is 0 Å². The first-order valence-corrected chi connectivity index (χ1v) is 8.03. The van der Waals surface area contributed by atoms with Crippen LogP contribution in [0.4, 0.5) is 4.39 Å². The number of benzene rings is 1. The molecule has 1 heterocycles. The number of amides is 2. The second kappa shape index (κ2) is 8.56. The van der Waals surface area contributed by atoms with E-state index in [1.54, 1.807) is 12.4 Å². The van der Waals surface area contributed by atoms with Crippen molar-refractivity contribution in [2.45, 2.75) is 13.0 Å². The standard InChI is InChI=1S/C16H15FIN3O2/c17-12-1-2-13(14(18)9-12)16(23)20-8-5-15(22)21-10-11-3-6-19-7-4-11/h1-4,6-7,9H,5,8,10H2,(H,20,23)(H,21,22). The fraction of sp³-hybridized carbons (Fsp3) is 0.188. The molecule has 0 bridgehead atoms. The zero-order valence-corrected chi connectivity index (χ0v) is 14.3. The number of nitrogens with one attached hydrogen (secondary N) is 2. The monoisotopic (exact) mass is 427 g/mol. The predicted octanol–water partition coefficient (Wildman–Crippen LogP) is 2.26. The molecule has 0 aliphatic heterocycles. The molecule has 1 aromatic heterocycles. The van der Waals surface area contributed by atoms with Crippen LogP contribution in [0.5, 0.6) is 0 Å². The molecule has 2 amide bonds. The van der Waals surface area contributed by atoms with Crippen LogP contribution in [0.15, 0.2) is 42.7 Å². The maximum atomic E-state index is 13.0. The molecule has 0 radical (unpaired) electrons. The highest BCUT2D eigenvalue weighted by Gasteiger charge is 2.10. The lowest BCUT2D eigenvalue weighted by molar-refractivity contribution is -0.121. The summed E-state index contributed by atoms with van der Waals surface area (Å²) in [5.41, 5.74) is 1.35. The minimum absolute atomic E-state index is 0.157. The molecule has 2 rings (SSSR count). The highest BCUT2D eigenvalue weighted by Crippen LogP contribution is 2.13. The summed E-state index contributed by atoms with van der Waals surface area (Å²) in [4.78, 5) is 27.6. The van der Waals surface area contributed by atoms with Gasteiger partial charge in [-0.2, -0.15) is 0 Å². The highest BCUT2D eigenvalue weighted by molar-refractivity contribution is 14.1. The molecule has 0 saturated heterocycles. The molecule has 1 aromatic carbocycles. The van der Waals surface area contributed by atoms with Crippen LogP contribution in [0, 0.1) is 9.39 Å². The van der Waals surface area contributed by atoms with Crippen LogP contribution in [-0.2, 0) is 11.3 Å². The van der Waals surface area contributed by atoms with Crippen molar-refractivity contribution in [1.82, 2.24) is 15.6 Å². The smallest absolute Gasteiger partial charge is 0.252 e. The molecular weight excluding hydrogens is 412 g/mol. The van der Waals surface area contributed by atoms with Gasteiger partial charge in [0.2, 0.25) is 5.91 Å². The summed E-state index contributed by atoms with van der Waals surface area (Å²) in [5.74, 6) is -0.867. The lowest BCUT2D eigenvalue weighted by atomic mass is 10.2. The highest BCUT2D eigenvalue weighted by atomic mass is 127. The quantitative estimate of drug-likeness (QED) is 0.696. The molecule has 0 aliphatic rings. The van der Waals surface area contributed by atoms with Crippen molar-refractivity contribution >= 4 is 34.4 Å². The lowest BCUT2D eigenvalue weighted by Crippen LogP contribution is -2.30. The van der Waals surface area contributed by atoms with Crippen molar-refractivity contribution in [3.05, 3.63) is 63.2 Å². The van der Waals surface area contributed by atoms with Gasteiger partial charge in [-0.3, -0.25) is 14.6 Å². The van der Waals surface area contributed by atoms with Crippen molar-refractivity contribution in [1.29, 1.82) is 0 Å². The maximum Gasteiger partial charge on any atom is 0.252 e. The Morgan fingerprint density at radius 1 is 1.13 bits per heavy atom.